The van der Waals surface area contributed by atoms with Gasteiger partial charge in [0.25, 0.3) is 5.56 Å². The average Bonchev–Trinajstić information content (AvgIpc) is 3.60. The van der Waals surface area contributed by atoms with Gasteiger partial charge in [0.2, 0.25) is 0 Å². The maximum atomic E-state index is 12.9. The van der Waals surface area contributed by atoms with Crippen molar-refractivity contribution in [2.75, 3.05) is 19.6 Å². The molecule has 1 saturated heterocycles. The summed E-state index contributed by atoms with van der Waals surface area (Å²) in [5.41, 5.74) is 3.94. The summed E-state index contributed by atoms with van der Waals surface area (Å²) in [6.07, 6.45) is 7.59. The van der Waals surface area contributed by atoms with E-state index in [1.54, 1.807) is 4.40 Å². The lowest BCUT2D eigenvalue weighted by Crippen LogP contribution is -2.37. The number of piperidine rings is 1. The quantitative estimate of drug-likeness (QED) is 0.331. The molecule has 5 heterocycles. The van der Waals surface area contributed by atoms with Crippen LogP contribution in [-0.4, -0.2) is 48.5 Å². The van der Waals surface area contributed by atoms with Crippen molar-refractivity contribution in [3.63, 3.8) is 0 Å². The molecule has 5 aromatic rings. The van der Waals surface area contributed by atoms with Gasteiger partial charge in [-0.2, -0.15) is 0 Å². The molecule has 4 aromatic heterocycles. The van der Waals surface area contributed by atoms with E-state index in [1.165, 1.54) is 11.3 Å². The molecule has 1 aliphatic rings. The van der Waals surface area contributed by atoms with E-state index in [1.807, 2.05) is 37.7 Å². The zero-order valence-corrected chi connectivity index (χ0v) is 21.5. The number of aromatic nitrogens is 5. The van der Waals surface area contributed by atoms with E-state index in [4.69, 9.17) is 9.40 Å². The Morgan fingerprint density at radius 1 is 1.14 bits per heavy atom. The Balaban J connectivity index is 1.11. The van der Waals surface area contributed by atoms with Crippen molar-refractivity contribution >= 4 is 27.3 Å². The van der Waals surface area contributed by atoms with E-state index in [9.17, 15) is 4.79 Å². The number of imidazole rings is 1. The Kier molecular flexibility index (Phi) is 6.18. The fraction of sp³-hybridized carbons (Fsp3) is 0.407. The van der Waals surface area contributed by atoms with Crippen LogP contribution in [-0.2, 0) is 19.4 Å². The fourth-order valence-electron chi connectivity index (χ4n) is 5.34. The number of nitrogens with zero attached hydrogens (tertiary/aromatic N) is 6. The largest absolute Gasteiger partial charge is 0.444 e. The second-order valence-corrected chi connectivity index (χ2v) is 10.6. The minimum atomic E-state index is 0.0782. The van der Waals surface area contributed by atoms with E-state index >= 15 is 0 Å². The molecule has 0 saturated carbocycles. The predicted molar refractivity (Wildman–Crippen MR) is 141 cm³/mol. The molecule has 9 heteroatoms. The molecule has 0 radical (unpaired) electrons. The second-order valence-electron chi connectivity index (χ2n) is 9.72. The van der Waals surface area contributed by atoms with Gasteiger partial charge in [-0.3, -0.25) is 9.20 Å². The zero-order valence-electron chi connectivity index (χ0n) is 20.7. The van der Waals surface area contributed by atoms with Crippen molar-refractivity contribution in [2.45, 2.75) is 46.1 Å². The van der Waals surface area contributed by atoms with Gasteiger partial charge in [-0.1, -0.05) is 12.1 Å². The Hall–Kier alpha value is -3.30. The molecule has 0 N–H and O–H groups in total. The highest BCUT2D eigenvalue weighted by atomic mass is 32.1. The Morgan fingerprint density at radius 3 is 2.78 bits per heavy atom. The molecule has 1 aromatic carbocycles. The van der Waals surface area contributed by atoms with Crippen LogP contribution < -0.4 is 5.56 Å². The maximum absolute atomic E-state index is 12.9. The Labute approximate surface area is 213 Å². The van der Waals surface area contributed by atoms with Crippen molar-refractivity contribution in [3.8, 4) is 0 Å². The maximum Gasteiger partial charge on any atom is 0.261 e. The number of oxazole rings is 1. The van der Waals surface area contributed by atoms with Crippen LogP contribution >= 0.6 is 11.3 Å². The molecule has 186 valence electrons. The standard InChI is InChI=1S/C27H30N6O2S/c1-18-22(26(34)32-13-14-36-27(32)29-18)9-12-31-10-7-20(8-11-31)15-25-30-23-5-3-4-6-24(23)33(25)17-21-16-28-19(2)35-21/h3-6,13-14,16,20H,7-12,15,17H2,1-2H3. The summed E-state index contributed by atoms with van der Waals surface area (Å²) in [4.78, 5) is 30.0. The molecule has 0 spiro atoms. The lowest BCUT2D eigenvalue weighted by Gasteiger charge is -2.32. The minimum absolute atomic E-state index is 0.0782. The number of likely N-dealkylation sites (tertiary alicyclic amines) is 1. The topological polar surface area (TPSA) is 81.5 Å². The van der Waals surface area contributed by atoms with Crippen molar-refractivity contribution in [3.05, 3.63) is 81.1 Å². The van der Waals surface area contributed by atoms with Gasteiger partial charge in [0, 0.05) is 42.7 Å². The van der Waals surface area contributed by atoms with Gasteiger partial charge in [-0.15, -0.1) is 11.3 Å². The van der Waals surface area contributed by atoms with Crippen LogP contribution in [0.1, 0.15) is 41.6 Å². The van der Waals surface area contributed by atoms with E-state index in [0.717, 1.165) is 84.2 Å². The van der Waals surface area contributed by atoms with Crippen LogP contribution in [0.4, 0.5) is 0 Å². The fourth-order valence-corrected chi connectivity index (χ4v) is 6.09. The first-order valence-electron chi connectivity index (χ1n) is 12.6. The average molecular weight is 503 g/mol. The third-order valence-electron chi connectivity index (χ3n) is 7.34. The smallest absolute Gasteiger partial charge is 0.261 e. The van der Waals surface area contributed by atoms with Crippen molar-refractivity contribution in [1.29, 1.82) is 0 Å². The lowest BCUT2D eigenvalue weighted by molar-refractivity contribution is 0.184. The summed E-state index contributed by atoms with van der Waals surface area (Å²) in [6.45, 7) is 7.45. The van der Waals surface area contributed by atoms with Crippen molar-refractivity contribution < 1.29 is 4.42 Å². The minimum Gasteiger partial charge on any atom is -0.444 e. The normalized spacial score (nSPS) is 15.4. The van der Waals surface area contributed by atoms with E-state index in [-0.39, 0.29) is 5.56 Å². The first kappa shape index (κ1) is 23.1. The number of aryl methyl sites for hydroxylation is 2. The van der Waals surface area contributed by atoms with Crippen molar-refractivity contribution in [2.24, 2.45) is 5.92 Å². The second kappa shape index (κ2) is 9.63. The summed E-state index contributed by atoms with van der Waals surface area (Å²) < 4.78 is 9.73. The Bertz CT molecular complexity index is 1570. The molecule has 1 fully saturated rings. The van der Waals surface area contributed by atoms with Gasteiger partial charge in [0.1, 0.15) is 11.6 Å². The van der Waals surface area contributed by atoms with Crippen LogP contribution in [0.25, 0.3) is 16.0 Å². The zero-order chi connectivity index (χ0) is 24.6. The molecule has 0 aliphatic carbocycles. The third-order valence-corrected chi connectivity index (χ3v) is 8.10. The molecule has 0 bridgehead atoms. The highest BCUT2D eigenvalue weighted by Crippen LogP contribution is 2.25. The number of para-hydroxylation sites is 2. The van der Waals surface area contributed by atoms with Crippen LogP contribution in [0.2, 0.25) is 0 Å². The summed E-state index contributed by atoms with van der Waals surface area (Å²) in [5.74, 6) is 3.24. The number of thiazole rings is 1. The first-order valence-corrected chi connectivity index (χ1v) is 13.5. The predicted octanol–water partition coefficient (Wildman–Crippen LogP) is 4.26. The molecule has 0 amide bonds. The molecular weight excluding hydrogens is 472 g/mol. The highest BCUT2D eigenvalue weighted by molar-refractivity contribution is 7.15. The lowest BCUT2D eigenvalue weighted by atomic mass is 9.93. The van der Waals surface area contributed by atoms with Gasteiger partial charge in [0.05, 0.1) is 23.8 Å². The SMILES string of the molecule is Cc1ncc(Cn2c(CC3CCN(CCc4c(C)nc5sccn5c4=O)CC3)nc3ccccc32)o1. The van der Waals surface area contributed by atoms with Crippen molar-refractivity contribution in [1.82, 2.24) is 28.8 Å². The van der Waals surface area contributed by atoms with E-state index in [2.05, 4.69) is 37.6 Å². The number of rotatable bonds is 7. The molecular formula is C27H30N6O2S. The first-order chi connectivity index (χ1) is 17.5. The molecule has 1 aliphatic heterocycles. The van der Waals surface area contributed by atoms with Gasteiger partial charge >= 0.3 is 0 Å². The summed E-state index contributed by atoms with van der Waals surface area (Å²) in [5, 5.41) is 1.92. The number of fused-ring (bicyclic) bond motifs is 2. The summed E-state index contributed by atoms with van der Waals surface area (Å²) in [6, 6.07) is 8.31. The molecule has 6 rings (SSSR count). The van der Waals surface area contributed by atoms with Gasteiger partial charge in [0.15, 0.2) is 10.9 Å². The number of hydrogen-bond donors (Lipinski definition) is 0. The summed E-state index contributed by atoms with van der Waals surface area (Å²) >= 11 is 1.50. The molecule has 36 heavy (non-hydrogen) atoms. The van der Waals surface area contributed by atoms with Gasteiger partial charge in [-0.25, -0.2) is 15.0 Å². The van der Waals surface area contributed by atoms with Gasteiger partial charge < -0.3 is 13.9 Å². The highest BCUT2D eigenvalue weighted by Gasteiger charge is 2.23. The molecule has 0 atom stereocenters. The van der Waals surface area contributed by atoms with Crippen LogP contribution in [0, 0.1) is 19.8 Å². The number of hydrogen-bond acceptors (Lipinski definition) is 7. The molecule has 8 nitrogen and oxygen atoms in total. The summed E-state index contributed by atoms with van der Waals surface area (Å²) in [7, 11) is 0. The number of benzene rings is 1. The van der Waals surface area contributed by atoms with Crippen LogP contribution in [0.5, 0.6) is 0 Å². The van der Waals surface area contributed by atoms with Crippen LogP contribution in [0.15, 0.2) is 51.3 Å². The van der Waals surface area contributed by atoms with E-state index in [0.29, 0.717) is 18.4 Å². The van der Waals surface area contributed by atoms with E-state index < -0.39 is 0 Å². The Morgan fingerprint density at radius 2 is 1.97 bits per heavy atom. The monoisotopic (exact) mass is 502 g/mol. The molecule has 0 unspecified atom stereocenters. The third kappa shape index (κ3) is 4.49. The van der Waals surface area contributed by atoms with Gasteiger partial charge in [-0.05, 0) is 57.3 Å². The van der Waals surface area contributed by atoms with Crippen LogP contribution in [0.3, 0.4) is 0 Å².